The highest BCUT2D eigenvalue weighted by Crippen LogP contribution is 2.40. The van der Waals surface area contributed by atoms with Gasteiger partial charge in [-0.15, -0.1) is 0 Å². The van der Waals surface area contributed by atoms with Gasteiger partial charge in [-0.25, -0.2) is 9.18 Å². The summed E-state index contributed by atoms with van der Waals surface area (Å²) in [5, 5.41) is 0.505. The van der Waals surface area contributed by atoms with Gasteiger partial charge in [0.2, 0.25) is 0 Å². The number of fused-ring (bicyclic) bond motifs is 3. The van der Waals surface area contributed by atoms with Crippen LogP contribution in [-0.2, 0) is 4.74 Å². The summed E-state index contributed by atoms with van der Waals surface area (Å²) in [6, 6.07) is 1.38. The Labute approximate surface area is 180 Å². The first-order valence-electron chi connectivity index (χ1n) is 9.32. The molecule has 10 heteroatoms. The zero-order valence-corrected chi connectivity index (χ0v) is 18.5. The number of aromatic nitrogens is 2. The molecule has 1 amide bonds. The molecule has 1 aromatic heterocycles. The number of nitrogens with zero attached hydrogens (tertiary/aromatic N) is 4. The number of hydrogen-bond donors (Lipinski definition) is 0. The summed E-state index contributed by atoms with van der Waals surface area (Å²) >= 11 is 9.20. The molecular formula is C19H20BrClF2N4O2. The van der Waals surface area contributed by atoms with Crippen molar-refractivity contribution >= 4 is 50.3 Å². The summed E-state index contributed by atoms with van der Waals surface area (Å²) < 4.78 is 34.3. The lowest BCUT2D eigenvalue weighted by Gasteiger charge is -2.42. The average Bonchev–Trinajstić information content (AvgIpc) is 2.87. The first-order chi connectivity index (χ1) is 13.5. The molecule has 2 aliphatic heterocycles. The van der Waals surface area contributed by atoms with Crippen LogP contribution in [0.4, 0.5) is 19.4 Å². The fraction of sp³-hybridized carbons (Fsp3) is 0.526. The van der Waals surface area contributed by atoms with Crippen LogP contribution >= 0.6 is 27.5 Å². The standard InChI is InChI=1S/C19H20BrClF2N4O2/c1-19(2,3)29-18(28)26-7-9-4-5-10(8-26)27(9)16-11-6-12(21)13(20)14(22)15(11)24-17(23)25-16/h6,9-10H,4-5,7-8H2,1-3H3. The Morgan fingerprint density at radius 3 is 2.45 bits per heavy atom. The number of anilines is 1. The average molecular weight is 490 g/mol. The highest BCUT2D eigenvalue weighted by Gasteiger charge is 2.44. The number of ether oxygens (including phenoxy) is 1. The van der Waals surface area contributed by atoms with Crippen LogP contribution in [0.2, 0.25) is 5.02 Å². The zero-order chi connectivity index (χ0) is 21.1. The highest BCUT2D eigenvalue weighted by molar-refractivity contribution is 9.10. The quantitative estimate of drug-likeness (QED) is 0.421. The lowest BCUT2D eigenvalue weighted by atomic mass is 10.1. The van der Waals surface area contributed by atoms with Crippen molar-refractivity contribution < 1.29 is 18.3 Å². The van der Waals surface area contributed by atoms with Crippen LogP contribution < -0.4 is 4.90 Å². The second-order valence-corrected chi connectivity index (χ2v) is 9.58. The molecular weight excluding hydrogens is 470 g/mol. The van der Waals surface area contributed by atoms with E-state index in [2.05, 4.69) is 25.9 Å². The summed E-state index contributed by atoms with van der Waals surface area (Å²) in [4.78, 5) is 23.8. The Morgan fingerprint density at radius 2 is 1.86 bits per heavy atom. The van der Waals surface area contributed by atoms with E-state index in [4.69, 9.17) is 16.3 Å². The fourth-order valence-electron chi connectivity index (χ4n) is 4.05. The molecule has 0 radical (unpaired) electrons. The topological polar surface area (TPSA) is 58.6 Å². The Kier molecular flexibility index (Phi) is 5.09. The summed E-state index contributed by atoms with van der Waals surface area (Å²) in [6.45, 7) is 6.31. The van der Waals surface area contributed by atoms with E-state index in [-0.39, 0.29) is 33.2 Å². The van der Waals surface area contributed by atoms with Crippen LogP contribution in [0.25, 0.3) is 10.9 Å². The molecule has 0 N–H and O–H groups in total. The first kappa shape index (κ1) is 20.5. The Balaban J connectivity index is 1.71. The molecule has 2 atom stereocenters. The van der Waals surface area contributed by atoms with Crippen LogP contribution in [0.5, 0.6) is 0 Å². The zero-order valence-electron chi connectivity index (χ0n) is 16.2. The lowest BCUT2D eigenvalue weighted by molar-refractivity contribution is 0.0209. The predicted octanol–water partition coefficient (Wildman–Crippen LogP) is 4.91. The number of rotatable bonds is 1. The van der Waals surface area contributed by atoms with Crippen LogP contribution in [0.3, 0.4) is 0 Å². The molecule has 2 saturated heterocycles. The summed E-state index contributed by atoms with van der Waals surface area (Å²) in [6.07, 6.45) is 0.244. The van der Waals surface area contributed by atoms with Gasteiger partial charge in [0, 0.05) is 30.6 Å². The maximum absolute atomic E-state index is 14.6. The number of hydrogen-bond acceptors (Lipinski definition) is 5. The van der Waals surface area contributed by atoms with Crippen LogP contribution in [-0.4, -0.2) is 51.7 Å². The van der Waals surface area contributed by atoms with Gasteiger partial charge in [0.25, 0.3) is 0 Å². The highest BCUT2D eigenvalue weighted by atomic mass is 79.9. The van der Waals surface area contributed by atoms with Gasteiger partial charge in [-0.1, -0.05) is 11.6 Å². The minimum absolute atomic E-state index is 0.0356. The maximum Gasteiger partial charge on any atom is 0.410 e. The fourth-order valence-corrected chi connectivity index (χ4v) is 4.55. The van der Waals surface area contributed by atoms with Crippen molar-refractivity contribution in [3.8, 4) is 0 Å². The molecule has 2 fully saturated rings. The van der Waals surface area contributed by atoms with E-state index >= 15 is 0 Å². The maximum atomic E-state index is 14.6. The third kappa shape index (κ3) is 3.74. The molecule has 2 unspecified atom stereocenters. The number of halogens is 4. The normalized spacial score (nSPS) is 21.8. The van der Waals surface area contributed by atoms with E-state index in [0.29, 0.717) is 24.3 Å². The second kappa shape index (κ2) is 7.19. The molecule has 1 aromatic carbocycles. The smallest absolute Gasteiger partial charge is 0.410 e. The number of piperazine rings is 1. The van der Waals surface area contributed by atoms with E-state index < -0.39 is 17.5 Å². The second-order valence-electron chi connectivity index (χ2n) is 8.38. The van der Waals surface area contributed by atoms with Gasteiger partial charge in [-0.05, 0) is 55.6 Å². The van der Waals surface area contributed by atoms with E-state index in [1.807, 2.05) is 25.7 Å². The summed E-state index contributed by atoms with van der Waals surface area (Å²) in [7, 11) is 0. The number of benzene rings is 1. The predicted molar refractivity (Wildman–Crippen MR) is 109 cm³/mol. The monoisotopic (exact) mass is 488 g/mol. The molecule has 156 valence electrons. The third-order valence-electron chi connectivity index (χ3n) is 5.16. The van der Waals surface area contributed by atoms with E-state index in [1.54, 1.807) is 11.0 Å². The molecule has 0 saturated carbocycles. The SMILES string of the molecule is CC(C)(C)OC(=O)N1CC2CCC(C1)N2c1nc(F)nc2c(F)c(Br)c(Cl)cc12. The molecule has 2 aromatic rings. The van der Waals surface area contributed by atoms with E-state index in [1.165, 1.54) is 0 Å². The molecule has 6 nitrogen and oxygen atoms in total. The number of carbonyl (C=O) groups excluding carboxylic acids is 1. The Bertz CT molecular complexity index is 987. The van der Waals surface area contributed by atoms with E-state index in [9.17, 15) is 13.6 Å². The molecule has 2 bridgehead atoms. The van der Waals surface area contributed by atoms with Crippen LogP contribution in [0, 0.1) is 11.9 Å². The molecule has 29 heavy (non-hydrogen) atoms. The van der Waals surface area contributed by atoms with Crippen LogP contribution in [0.15, 0.2) is 10.5 Å². The molecule has 3 heterocycles. The minimum atomic E-state index is -1.01. The Hall–Kier alpha value is -1.74. The number of carbonyl (C=O) groups is 1. The van der Waals surface area contributed by atoms with Crippen molar-refractivity contribution in [3.63, 3.8) is 0 Å². The summed E-state index contributed by atoms with van der Waals surface area (Å²) in [5.74, 6) is -0.424. The lowest BCUT2D eigenvalue weighted by Crippen LogP contribution is -2.56. The molecule has 2 aliphatic rings. The van der Waals surface area contributed by atoms with Crippen molar-refractivity contribution in [2.24, 2.45) is 0 Å². The molecule has 0 spiro atoms. The molecule has 4 rings (SSSR count). The number of amides is 1. The number of likely N-dealkylation sites (tertiary alicyclic amines) is 1. The van der Waals surface area contributed by atoms with Gasteiger partial charge in [-0.3, -0.25) is 0 Å². The van der Waals surface area contributed by atoms with Crippen molar-refractivity contribution in [2.45, 2.75) is 51.3 Å². The molecule has 0 aliphatic carbocycles. The van der Waals surface area contributed by atoms with Gasteiger partial charge in [0.1, 0.15) is 16.9 Å². The summed E-state index contributed by atoms with van der Waals surface area (Å²) in [5.41, 5.74) is -0.710. The Morgan fingerprint density at radius 1 is 1.24 bits per heavy atom. The van der Waals surface area contributed by atoms with E-state index in [0.717, 1.165) is 12.8 Å². The van der Waals surface area contributed by atoms with Crippen molar-refractivity contribution in [2.75, 3.05) is 18.0 Å². The largest absolute Gasteiger partial charge is 0.444 e. The minimum Gasteiger partial charge on any atom is -0.444 e. The first-order valence-corrected chi connectivity index (χ1v) is 10.5. The van der Waals surface area contributed by atoms with Gasteiger partial charge in [0.15, 0.2) is 5.82 Å². The van der Waals surface area contributed by atoms with Gasteiger partial charge in [-0.2, -0.15) is 14.4 Å². The van der Waals surface area contributed by atoms with Crippen LogP contribution in [0.1, 0.15) is 33.6 Å². The van der Waals surface area contributed by atoms with Crippen molar-refractivity contribution in [1.29, 1.82) is 0 Å². The van der Waals surface area contributed by atoms with Crippen molar-refractivity contribution in [3.05, 3.63) is 27.5 Å². The van der Waals surface area contributed by atoms with Gasteiger partial charge in [0.05, 0.1) is 9.50 Å². The van der Waals surface area contributed by atoms with Gasteiger partial charge < -0.3 is 14.5 Å². The van der Waals surface area contributed by atoms with Gasteiger partial charge >= 0.3 is 12.2 Å². The third-order valence-corrected chi connectivity index (χ3v) is 6.46. The van der Waals surface area contributed by atoms with Crippen molar-refractivity contribution in [1.82, 2.24) is 14.9 Å².